The number of phenolic OH excluding ortho intramolecular Hbond substituents is 1. The molecule has 35 heavy (non-hydrogen) atoms. The summed E-state index contributed by atoms with van der Waals surface area (Å²) in [4.78, 5) is 47.7. The van der Waals surface area contributed by atoms with E-state index in [0.29, 0.717) is 5.56 Å². The van der Waals surface area contributed by atoms with Gasteiger partial charge in [-0.1, -0.05) is 0 Å². The van der Waals surface area contributed by atoms with Crippen molar-refractivity contribution >= 4 is 47.4 Å². The van der Waals surface area contributed by atoms with E-state index >= 15 is 0 Å². The highest BCUT2D eigenvalue weighted by Gasteiger charge is 2.55. The molecule has 0 radical (unpaired) electrons. The molecule has 5 atom stereocenters. The Balaban J connectivity index is 2.29. The van der Waals surface area contributed by atoms with Crippen LogP contribution in [-0.2, 0) is 42.9 Å². The Morgan fingerprint density at radius 2 is 1.51 bits per heavy atom. The molecule has 14 heteroatoms. The van der Waals surface area contributed by atoms with E-state index in [9.17, 15) is 24.3 Å². The SMILES string of the molecule is COC(=O)[C@H]1O[C@@H](NC(=S)N/N=C/c2ccc(O)cc2)[C@H](OC(C)=O)[C@@H](OC(C)=O)[C@@H]1OC(C)=O. The van der Waals surface area contributed by atoms with Crippen LogP contribution < -0.4 is 10.7 Å². The van der Waals surface area contributed by atoms with Gasteiger partial charge in [-0.15, -0.1) is 0 Å². The molecule has 0 unspecified atom stereocenters. The number of benzene rings is 1. The van der Waals surface area contributed by atoms with E-state index in [1.54, 1.807) is 12.1 Å². The van der Waals surface area contributed by atoms with Crippen molar-refractivity contribution in [3.05, 3.63) is 29.8 Å². The molecule has 1 saturated heterocycles. The van der Waals surface area contributed by atoms with E-state index in [-0.39, 0.29) is 10.9 Å². The highest BCUT2D eigenvalue weighted by Crippen LogP contribution is 2.28. The topological polar surface area (TPSA) is 171 Å². The molecule has 2 rings (SSSR count). The molecular weight excluding hydrogens is 486 g/mol. The second-order valence-electron chi connectivity index (χ2n) is 7.16. The number of thiocarbonyl (C=S) groups is 1. The van der Waals surface area contributed by atoms with Gasteiger partial charge in [0.1, 0.15) is 5.75 Å². The summed E-state index contributed by atoms with van der Waals surface area (Å²) in [6.45, 7) is 3.27. The van der Waals surface area contributed by atoms with Crippen LogP contribution in [0.4, 0.5) is 0 Å². The van der Waals surface area contributed by atoms with Gasteiger partial charge in [0.05, 0.1) is 13.3 Å². The molecular formula is C21H25N3O10S. The number of esters is 4. The highest BCUT2D eigenvalue weighted by atomic mass is 32.1. The quantitative estimate of drug-likeness (QED) is 0.146. The van der Waals surface area contributed by atoms with Gasteiger partial charge in [0.15, 0.2) is 35.8 Å². The predicted molar refractivity (Wildman–Crippen MR) is 122 cm³/mol. The third kappa shape index (κ3) is 8.19. The Morgan fingerprint density at radius 3 is 2.06 bits per heavy atom. The van der Waals surface area contributed by atoms with Gasteiger partial charge in [-0.05, 0) is 42.0 Å². The van der Waals surface area contributed by atoms with Gasteiger partial charge < -0.3 is 34.1 Å². The van der Waals surface area contributed by atoms with Crippen molar-refractivity contribution in [1.82, 2.24) is 10.7 Å². The molecule has 0 saturated carbocycles. The standard InChI is InChI=1S/C21H25N3O10S/c1-10(25)31-15-16(32-11(2)26)18(20(29)30-4)34-19(17(15)33-12(3)27)23-21(35)24-22-9-13-5-7-14(28)8-6-13/h5-9,15-19,28H,1-4H3,(H2,23,24,35)/b22-9+/t15-,16-,17+,18-,19+/m0/s1. The fourth-order valence-electron chi connectivity index (χ4n) is 3.12. The number of phenols is 1. The van der Waals surface area contributed by atoms with Crippen molar-refractivity contribution in [3.8, 4) is 5.75 Å². The zero-order valence-corrected chi connectivity index (χ0v) is 20.1. The summed E-state index contributed by atoms with van der Waals surface area (Å²) < 4.78 is 26.1. The van der Waals surface area contributed by atoms with E-state index in [2.05, 4.69) is 15.8 Å². The first-order valence-corrected chi connectivity index (χ1v) is 10.6. The van der Waals surface area contributed by atoms with Gasteiger partial charge in [-0.3, -0.25) is 19.8 Å². The molecule has 1 aliphatic heterocycles. The smallest absolute Gasteiger partial charge is 0.339 e. The molecule has 0 bridgehead atoms. The van der Waals surface area contributed by atoms with Crippen molar-refractivity contribution in [2.24, 2.45) is 5.10 Å². The average molecular weight is 512 g/mol. The van der Waals surface area contributed by atoms with E-state index in [4.69, 9.17) is 35.9 Å². The fourth-order valence-corrected chi connectivity index (χ4v) is 3.29. The fraction of sp³-hybridized carbons (Fsp3) is 0.429. The molecule has 190 valence electrons. The number of rotatable bonds is 7. The van der Waals surface area contributed by atoms with Gasteiger partial charge in [0, 0.05) is 20.8 Å². The molecule has 0 amide bonds. The Labute approximate surface area is 205 Å². The number of hydrogen-bond acceptors (Lipinski definition) is 12. The maximum Gasteiger partial charge on any atom is 0.339 e. The summed E-state index contributed by atoms with van der Waals surface area (Å²) in [5, 5.41) is 15.8. The first kappa shape index (κ1) is 27.5. The van der Waals surface area contributed by atoms with Gasteiger partial charge in [-0.2, -0.15) is 5.10 Å². The van der Waals surface area contributed by atoms with Crippen LogP contribution in [0, 0.1) is 0 Å². The van der Waals surface area contributed by atoms with Crippen LogP contribution >= 0.6 is 12.2 Å². The first-order valence-electron chi connectivity index (χ1n) is 10.2. The number of nitrogens with zero attached hydrogens (tertiary/aromatic N) is 1. The molecule has 1 fully saturated rings. The number of methoxy groups -OCH3 is 1. The molecule has 0 aliphatic carbocycles. The molecule has 1 aromatic carbocycles. The molecule has 0 spiro atoms. The largest absolute Gasteiger partial charge is 0.508 e. The zero-order valence-electron chi connectivity index (χ0n) is 19.3. The first-order chi connectivity index (χ1) is 16.5. The van der Waals surface area contributed by atoms with Gasteiger partial charge >= 0.3 is 23.9 Å². The molecule has 13 nitrogen and oxygen atoms in total. The third-order valence-electron chi connectivity index (χ3n) is 4.42. The van der Waals surface area contributed by atoms with Crippen molar-refractivity contribution in [2.45, 2.75) is 51.4 Å². The number of carbonyl (C=O) groups is 4. The number of hydrogen-bond donors (Lipinski definition) is 3. The van der Waals surface area contributed by atoms with E-state index in [1.807, 2.05) is 0 Å². The van der Waals surface area contributed by atoms with Crippen molar-refractivity contribution < 1.29 is 48.0 Å². The summed E-state index contributed by atoms with van der Waals surface area (Å²) in [6.07, 6.45) is -5.81. The van der Waals surface area contributed by atoms with Crippen molar-refractivity contribution in [3.63, 3.8) is 0 Å². The lowest BCUT2D eigenvalue weighted by molar-refractivity contribution is -0.250. The minimum atomic E-state index is -1.55. The Morgan fingerprint density at radius 1 is 0.971 bits per heavy atom. The monoisotopic (exact) mass is 511 g/mol. The number of nitrogens with one attached hydrogen (secondary N) is 2. The maximum atomic E-state index is 12.4. The third-order valence-corrected chi connectivity index (χ3v) is 4.63. The summed E-state index contributed by atoms with van der Waals surface area (Å²) in [7, 11) is 1.09. The minimum absolute atomic E-state index is 0.0906. The van der Waals surface area contributed by atoms with Gasteiger partial charge in [0.2, 0.25) is 0 Å². The second-order valence-corrected chi connectivity index (χ2v) is 7.57. The van der Waals surface area contributed by atoms with E-state index in [0.717, 1.165) is 27.9 Å². The lowest BCUT2D eigenvalue weighted by atomic mass is 9.97. The number of ether oxygens (including phenoxy) is 5. The lowest BCUT2D eigenvalue weighted by Crippen LogP contribution is -2.67. The maximum absolute atomic E-state index is 12.4. The predicted octanol–water partition coefficient (Wildman–Crippen LogP) is -0.117. The minimum Gasteiger partial charge on any atom is -0.508 e. The van der Waals surface area contributed by atoms with Crippen LogP contribution in [0.15, 0.2) is 29.4 Å². The molecule has 1 aliphatic rings. The van der Waals surface area contributed by atoms with Crippen LogP contribution in [0.5, 0.6) is 5.75 Å². The number of carbonyl (C=O) groups excluding carboxylic acids is 4. The van der Waals surface area contributed by atoms with Crippen molar-refractivity contribution in [1.29, 1.82) is 0 Å². The van der Waals surface area contributed by atoms with Crippen LogP contribution in [0.1, 0.15) is 26.3 Å². The summed E-state index contributed by atoms with van der Waals surface area (Å²) >= 11 is 5.19. The molecule has 3 N–H and O–H groups in total. The van der Waals surface area contributed by atoms with Crippen LogP contribution in [0.25, 0.3) is 0 Å². The average Bonchev–Trinajstić information content (AvgIpc) is 2.77. The molecule has 1 heterocycles. The summed E-state index contributed by atoms with van der Waals surface area (Å²) in [5.74, 6) is -3.23. The zero-order chi connectivity index (χ0) is 26.1. The van der Waals surface area contributed by atoms with Gasteiger partial charge in [-0.25, -0.2) is 4.79 Å². The van der Waals surface area contributed by atoms with Crippen LogP contribution in [0.3, 0.4) is 0 Å². The van der Waals surface area contributed by atoms with Crippen LogP contribution in [0.2, 0.25) is 0 Å². The highest BCUT2D eigenvalue weighted by molar-refractivity contribution is 7.80. The van der Waals surface area contributed by atoms with Crippen LogP contribution in [-0.4, -0.2) is 78.1 Å². The summed E-state index contributed by atoms with van der Waals surface area (Å²) in [6, 6.07) is 6.16. The lowest BCUT2D eigenvalue weighted by Gasteiger charge is -2.43. The normalized spacial score (nSPS) is 23.6. The Hall–Kier alpha value is -3.78. The second kappa shape index (κ2) is 12.6. The summed E-state index contributed by atoms with van der Waals surface area (Å²) in [5.41, 5.74) is 3.17. The number of aromatic hydroxyl groups is 1. The Kier molecular flexibility index (Phi) is 9.90. The molecule has 0 aromatic heterocycles. The molecule has 1 aromatic rings. The van der Waals surface area contributed by atoms with Gasteiger partial charge in [0.25, 0.3) is 0 Å². The Bertz CT molecular complexity index is 984. The van der Waals surface area contributed by atoms with E-state index in [1.165, 1.54) is 18.3 Å². The van der Waals surface area contributed by atoms with Crippen molar-refractivity contribution in [2.75, 3.05) is 7.11 Å². The number of hydrazone groups is 1. The van der Waals surface area contributed by atoms with E-state index < -0.39 is 54.5 Å².